The lowest BCUT2D eigenvalue weighted by molar-refractivity contribution is -0.151. The number of imidazole rings is 1. The van der Waals surface area contributed by atoms with Gasteiger partial charge in [0.1, 0.15) is 17.4 Å². The summed E-state index contributed by atoms with van der Waals surface area (Å²) >= 11 is 0. The van der Waals surface area contributed by atoms with Gasteiger partial charge in [-0.15, -0.1) is 0 Å². The first-order chi connectivity index (χ1) is 24.5. The maximum Gasteiger partial charge on any atom is 0.410 e. The summed E-state index contributed by atoms with van der Waals surface area (Å²) in [6.45, 7) is 13.2. The third-order valence-electron chi connectivity index (χ3n) is 10.8. The maximum absolute atomic E-state index is 14.1. The van der Waals surface area contributed by atoms with E-state index in [-0.39, 0.29) is 42.6 Å². The molecule has 0 radical (unpaired) electrons. The SMILES string of the molecule is COc1ccc(CN2C(=O)CCC(n3c(=O)n(C4CC4)c4cc(CN5CCN(CC6CCN(C(=O)OC(C)(C)C)CC6)CC5)ccc43)C2=O)cc1. The number of imide groups is 1. The average Bonchev–Trinajstić information content (AvgIpc) is 3.90. The molecule has 51 heavy (non-hydrogen) atoms. The van der Waals surface area contributed by atoms with Crippen LogP contribution >= 0.6 is 0 Å². The second-order valence-electron chi connectivity index (χ2n) is 15.8. The summed E-state index contributed by atoms with van der Waals surface area (Å²) in [4.78, 5) is 61.6. The monoisotopic (exact) mass is 700 g/mol. The number of aromatic nitrogens is 2. The third kappa shape index (κ3) is 7.86. The topological polar surface area (TPSA) is 110 Å². The number of hydrogen-bond acceptors (Lipinski definition) is 8. The Morgan fingerprint density at radius 3 is 2.08 bits per heavy atom. The summed E-state index contributed by atoms with van der Waals surface area (Å²) in [5.74, 6) is 0.760. The number of carbonyl (C=O) groups is 3. The first kappa shape index (κ1) is 35.3. The largest absolute Gasteiger partial charge is 0.497 e. The van der Waals surface area contributed by atoms with E-state index in [1.165, 1.54) is 4.90 Å². The van der Waals surface area contributed by atoms with Gasteiger partial charge >= 0.3 is 11.8 Å². The minimum atomic E-state index is -0.723. The van der Waals surface area contributed by atoms with Gasteiger partial charge in [-0.1, -0.05) is 18.2 Å². The van der Waals surface area contributed by atoms with Crippen molar-refractivity contribution in [3.63, 3.8) is 0 Å². The van der Waals surface area contributed by atoms with Crippen molar-refractivity contribution < 1.29 is 23.9 Å². The van der Waals surface area contributed by atoms with Crippen molar-refractivity contribution >= 4 is 28.9 Å². The normalized spacial score (nSPS) is 21.5. The highest BCUT2D eigenvalue weighted by molar-refractivity contribution is 6.00. The second kappa shape index (κ2) is 14.5. The molecule has 4 fully saturated rings. The van der Waals surface area contributed by atoms with Crippen molar-refractivity contribution in [3.8, 4) is 5.75 Å². The van der Waals surface area contributed by atoms with E-state index in [4.69, 9.17) is 9.47 Å². The van der Waals surface area contributed by atoms with Gasteiger partial charge in [0.15, 0.2) is 0 Å². The Balaban J connectivity index is 0.987. The van der Waals surface area contributed by atoms with Gasteiger partial charge < -0.3 is 19.3 Å². The highest BCUT2D eigenvalue weighted by Crippen LogP contribution is 2.38. The number of fused-ring (bicyclic) bond motifs is 1. The molecule has 1 saturated carbocycles. The summed E-state index contributed by atoms with van der Waals surface area (Å²) in [6.07, 6.45) is 4.23. The summed E-state index contributed by atoms with van der Waals surface area (Å²) in [6, 6.07) is 13.0. The van der Waals surface area contributed by atoms with E-state index in [1.807, 2.05) is 60.6 Å². The van der Waals surface area contributed by atoms with Crippen LogP contribution in [-0.2, 0) is 27.4 Å². The second-order valence-corrected chi connectivity index (χ2v) is 15.8. The van der Waals surface area contributed by atoms with Crippen LogP contribution in [0.4, 0.5) is 4.79 Å². The van der Waals surface area contributed by atoms with Crippen LogP contribution in [0.25, 0.3) is 11.0 Å². The fraction of sp³-hybridized carbons (Fsp3) is 0.590. The summed E-state index contributed by atoms with van der Waals surface area (Å²) in [5, 5.41) is 0. The van der Waals surface area contributed by atoms with Crippen molar-refractivity contribution in [2.75, 3.05) is 52.9 Å². The Kier molecular flexibility index (Phi) is 9.99. The number of piperidine rings is 2. The molecule has 4 aliphatic rings. The van der Waals surface area contributed by atoms with Gasteiger partial charge in [-0.25, -0.2) is 9.59 Å². The van der Waals surface area contributed by atoms with Crippen LogP contribution in [0.2, 0.25) is 0 Å². The number of hydrogen-bond donors (Lipinski definition) is 0. The molecule has 1 aliphatic carbocycles. The van der Waals surface area contributed by atoms with Gasteiger partial charge in [0, 0.05) is 64.8 Å². The molecule has 274 valence electrons. The number of carbonyl (C=O) groups excluding carboxylic acids is 3. The van der Waals surface area contributed by atoms with Gasteiger partial charge in [-0.05, 0) is 94.2 Å². The molecule has 1 unspecified atom stereocenters. The van der Waals surface area contributed by atoms with Crippen LogP contribution in [0, 0.1) is 5.92 Å². The molecule has 0 spiro atoms. The molecule has 3 aliphatic heterocycles. The molecule has 3 saturated heterocycles. The van der Waals surface area contributed by atoms with Crippen molar-refractivity contribution in [3.05, 3.63) is 64.1 Å². The number of ether oxygens (including phenoxy) is 2. The Morgan fingerprint density at radius 2 is 1.43 bits per heavy atom. The van der Waals surface area contributed by atoms with E-state index >= 15 is 0 Å². The lowest BCUT2D eigenvalue weighted by Gasteiger charge is -2.39. The number of amides is 3. The number of methoxy groups -OCH3 is 1. The zero-order chi connectivity index (χ0) is 35.9. The van der Waals surface area contributed by atoms with Crippen LogP contribution in [0.1, 0.15) is 82.5 Å². The Bertz CT molecular complexity index is 1810. The van der Waals surface area contributed by atoms with Crippen molar-refractivity contribution in [2.45, 2.75) is 90.1 Å². The third-order valence-corrected chi connectivity index (χ3v) is 10.8. The molecule has 0 N–H and O–H groups in total. The molecule has 7 rings (SSSR count). The first-order valence-electron chi connectivity index (χ1n) is 18.6. The molecule has 2 aromatic carbocycles. The smallest absolute Gasteiger partial charge is 0.410 e. The number of benzene rings is 2. The van der Waals surface area contributed by atoms with E-state index < -0.39 is 11.6 Å². The van der Waals surface area contributed by atoms with Crippen LogP contribution in [0.15, 0.2) is 47.3 Å². The van der Waals surface area contributed by atoms with Crippen LogP contribution < -0.4 is 10.4 Å². The predicted molar refractivity (Wildman–Crippen MR) is 194 cm³/mol. The Hall–Kier alpha value is -4.16. The minimum absolute atomic E-state index is 0.145. The van der Waals surface area contributed by atoms with Crippen molar-refractivity contribution in [1.29, 1.82) is 0 Å². The number of likely N-dealkylation sites (tertiary alicyclic amines) is 2. The fourth-order valence-electron chi connectivity index (χ4n) is 7.89. The fourth-order valence-corrected chi connectivity index (χ4v) is 7.89. The standard InChI is InChI=1S/C39H52N6O6/c1-39(2,3)51-38(49)42-17-15-28(16-18-42)24-40-19-21-41(22-20-40)25-29-7-12-32-34(23-29)44(30-8-9-30)37(48)45(32)33-13-14-35(46)43(36(33)47)26-27-5-10-31(50-4)11-6-27/h5-7,10-12,23,28,30,33H,8-9,13-22,24-26H2,1-4H3. The number of rotatable bonds is 9. The molecule has 1 aromatic heterocycles. The number of nitrogens with zero attached hydrogens (tertiary/aromatic N) is 6. The van der Waals surface area contributed by atoms with Crippen LogP contribution in [-0.4, -0.2) is 105 Å². The van der Waals surface area contributed by atoms with E-state index in [0.717, 1.165) is 100 Å². The molecule has 3 amide bonds. The van der Waals surface area contributed by atoms with Gasteiger partial charge in [-0.2, -0.15) is 0 Å². The lowest BCUT2D eigenvalue weighted by atomic mass is 9.96. The summed E-state index contributed by atoms with van der Waals surface area (Å²) in [5.41, 5.74) is 2.99. The molecular weight excluding hydrogens is 648 g/mol. The van der Waals surface area contributed by atoms with Gasteiger partial charge in [0.25, 0.3) is 5.91 Å². The quantitative estimate of drug-likeness (QED) is 0.293. The number of piperazine rings is 1. The molecule has 0 bridgehead atoms. The lowest BCUT2D eigenvalue weighted by Crippen LogP contribution is -2.49. The van der Waals surface area contributed by atoms with E-state index in [1.54, 1.807) is 11.7 Å². The van der Waals surface area contributed by atoms with Crippen molar-refractivity contribution in [2.24, 2.45) is 5.92 Å². The zero-order valence-corrected chi connectivity index (χ0v) is 30.5. The van der Waals surface area contributed by atoms with Gasteiger partial charge in [0.05, 0.1) is 24.7 Å². The van der Waals surface area contributed by atoms with Crippen LogP contribution in [0.3, 0.4) is 0 Å². The zero-order valence-electron chi connectivity index (χ0n) is 30.5. The van der Waals surface area contributed by atoms with Gasteiger partial charge in [-0.3, -0.25) is 28.5 Å². The summed E-state index contributed by atoms with van der Waals surface area (Å²) in [7, 11) is 1.60. The highest BCUT2D eigenvalue weighted by Gasteiger charge is 2.39. The molecule has 4 heterocycles. The van der Waals surface area contributed by atoms with Gasteiger partial charge in [0.2, 0.25) is 5.91 Å². The molecule has 1 atom stereocenters. The molecule has 12 heteroatoms. The highest BCUT2D eigenvalue weighted by atomic mass is 16.6. The minimum Gasteiger partial charge on any atom is -0.497 e. The Morgan fingerprint density at radius 1 is 0.765 bits per heavy atom. The predicted octanol–water partition coefficient (Wildman–Crippen LogP) is 4.80. The maximum atomic E-state index is 14.1. The first-order valence-corrected chi connectivity index (χ1v) is 18.6. The molecular formula is C39H52N6O6. The molecule has 12 nitrogen and oxygen atoms in total. The molecule has 3 aromatic rings. The van der Waals surface area contributed by atoms with Crippen LogP contribution in [0.5, 0.6) is 5.75 Å². The van der Waals surface area contributed by atoms with E-state index in [2.05, 4.69) is 21.9 Å². The summed E-state index contributed by atoms with van der Waals surface area (Å²) < 4.78 is 14.4. The van der Waals surface area contributed by atoms with Crippen molar-refractivity contribution in [1.82, 2.24) is 28.7 Å². The van der Waals surface area contributed by atoms with E-state index in [9.17, 15) is 19.2 Å². The Labute approximate surface area is 299 Å². The van der Waals surface area contributed by atoms with E-state index in [0.29, 0.717) is 18.1 Å². The average molecular weight is 701 g/mol.